The number of carbonyl (C=O) groups is 1. The number of amides is 1. The molecule has 1 saturated heterocycles. The molecule has 0 radical (unpaired) electrons. The summed E-state index contributed by atoms with van der Waals surface area (Å²) in [4.78, 5) is 16.0. The van der Waals surface area contributed by atoms with Crippen LogP contribution < -0.4 is 5.32 Å². The van der Waals surface area contributed by atoms with Crippen molar-refractivity contribution in [2.45, 2.75) is 45.8 Å². The van der Waals surface area contributed by atoms with Gasteiger partial charge in [-0.05, 0) is 38.0 Å². The first-order valence-electron chi connectivity index (χ1n) is 8.45. The molecule has 128 valence electrons. The third kappa shape index (κ3) is 5.30. The minimum atomic E-state index is -0.0468. The summed E-state index contributed by atoms with van der Waals surface area (Å²) >= 11 is 0. The Hall–Kier alpha value is -1.43. The second kappa shape index (κ2) is 8.43. The van der Waals surface area contributed by atoms with E-state index < -0.39 is 0 Å². The molecule has 1 heterocycles. The lowest BCUT2D eigenvalue weighted by molar-refractivity contribution is -0.114. The highest BCUT2D eigenvalue weighted by molar-refractivity contribution is 5.88. The number of hydrogen-bond donors (Lipinski definition) is 2. The lowest BCUT2D eigenvalue weighted by Gasteiger charge is -2.43. The van der Waals surface area contributed by atoms with Crippen molar-refractivity contribution < 1.29 is 9.90 Å². The molecule has 2 rings (SSSR count). The van der Waals surface area contributed by atoms with Crippen LogP contribution >= 0.6 is 0 Å². The third-order valence-electron chi connectivity index (χ3n) is 4.42. The normalized spacial score (nSPS) is 20.0. The van der Waals surface area contributed by atoms with Gasteiger partial charge in [0.25, 0.3) is 0 Å². The average molecular weight is 319 g/mol. The molecule has 1 aliphatic rings. The van der Waals surface area contributed by atoms with E-state index in [0.29, 0.717) is 12.1 Å². The first-order valence-corrected chi connectivity index (χ1v) is 8.45. The highest BCUT2D eigenvalue weighted by Gasteiger charge is 2.28. The molecule has 1 aromatic carbocycles. The lowest BCUT2D eigenvalue weighted by Crippen LogP contribution is -2.55. The zero-order valence-corrected chi connectivity index (χ0v) is 14.5. The summed E-state index contributed by atoms with van der Waals surface area (Å²) in [5, 5.41) is 12.1. The maximum atomic E-state index is 11.1. The lowest BCUT2D eigenvalue weighted by atomic mass is 10.1. The summed E-state index contributed by atoms with van der Waals surface area (Å²) in [7, 11) is 0. The van der Waals surface area contributed by atoms with Crippen molar-refractivity contribution in [3.63, 3.8) is 0 Å². The van der Waals surface area contributed by atoms with Gasteiger partial charge < -0.3 is 10.4 Å². The van der Waals surface area contributed by atoms with Crippen LogP contribution in [0, 0.1) is 0 Å². The molecular formula is C18H29N3O2. The fourth-order valence-corrected chi connectivity index (χ4v) is 3.32. The number of carbonyl (C=O) groups excluding carboxylic acids is 1. The van der Waals surface area contributed by atoms with Crippen molar-refractivity contribution in [3.05, 3.63) is 29.8 Å². The molecule has 0 spiro atoms. The molecule has 2 N–H and O–H groups in total. The molecule has 0 bridgehead atoms. The van der Waals surface area contributed by atoms with E-state index in [1.807, 2.05) is 12.1 Å². The van der Waals surface area contributed by atoms with Crippen LogP contribution in [0.3, 0.4) is 0 Å². The van der Waals surface area contributed by atoms with Crippen LogP contribution in [0.5, 0.6) is 0 Å². The molecule has 5 heteroatoms. The summed E-state index contributed by atoms with van der Waals surface area (Å²) in [5.41, 5.74) is 2.09. The topological polar surface area (TPSA) is 55.8 Å². The molecule has 0 aliphatic carbocycles. The van der Waals surface area contributed by atoms with Gasteiger partial charge in [0.1, 0.15) is 0 Å². The van der Waals surface area contributed by atoms with Crippen LogP contribution in [0.4, 0.5) is 5.69 Å². The highest BCUT2D eigenvalue weighted by atomic mass is 16.3. The second-order valence-corrected chi connectivity index (χ2v) is 6.61. The van der Waals surface area contributed by atoms with E-state index in [4.69, 9.17) is 0 Å². The molecule has 1 amide bonds. The molecule has 1 atom stereocenters. The Balaban J connectivity index is 1.93. The zero-order valence-electron chi connectivity index (χ0n) is 14.5. The van der Waals surface area contributed by atoms with E-state index >= 15 is 0 Å². The van der Waals surface area contributed by atoms with Gasteiger partial charge in [0.05, 0.1) is 0 Å². The molecular weight excluding hydrogens is 290 g/mol. The molecule has 0 aromatic heterocycles. The van der Waals surface area contributed by atoms with Gasteiger partial charge in [-0.1, -0.05) is 12.1 Å². The van der Waals surface area contributed by atoms with Crippen LogP contribution in [-0.4, -0.2) is 59.1 Å². The van der Waals surface area contributed by atoms with Gasteiger partial charge in [-0.3, -0.25) is 14.6 Å². The van der Waals surface area contributed by atoms with E-state index in [1.165, 1.54) is 12.5 Å². The Morgan fingerprint density at radius 3 is 2.57 bits per heavy atom. The van der Waals surface area contributed by atoms with Gasteiger partial charge in [0.15, 0.2) is 0 Å². The number of rotatable bonds is 6. The van der Waals surface area contributed by atoms with Gasteiger partial charge in [-0.15, -0.1) is 0 Å². The molecule has 23 heavy (non-hydrogen) atoms. The van der Waals surface area contributed by atoms with Gasteiger partial charge in [0.2, 0.25) is 5.91 Å². The molecule has 0 unspecified atom stereocenters. The zero-order chi connectivity index (χ0) is 16.8. The average Bonchev–Trinajstić information content (AvgIpc) is 2.49. The maximum absolute atomic E-state index is 11.1. The Morgan fingerprint density at radius 2 is 2.00 bits per heavy atom. The first-order chi connectivity index (χ1) is 11.0. The largest absolute Gasteiger partial charge is 0.396 e. The Bertz CT molecular complexity index is 501. The van der Waals surface area contributed by atoms with Crippen molar-refractivity contribution >= 4 is 11.6 Å². The fraction of sp³-hybridized carbons (Fsp3) is 0.611. The Morgan fingerprint density at radius 1 is 1.30 bits per heavy atom. The standard InChI is InChI=1S/C18H29N3O2/c1-14(2)21-10-9-20(13-18(21)8-11-22)12-16-4-6-17(7-5-16)19-15(3)23/h4-7,14,18,22H,8-13H2,1-3H3,(H,19,23)/t18-/m0/s1. The van der Waals surface area contributed by atoms with E-state index in [9.17, 15) is 9.90 Å². The maximum Gasteiger partial charge on any atom is 0.221 e. The number of benzene rings is 1. The van der Waals surface area contributed by atoms with Crippen molar-refractivity contribution in [3.8, 4) is 0 Å². The molecule has 1 aliphatic heterocycles. The van der Waals surface area contributed by atoms with E-state index in [1.54, 1.807) is 0 Å². The third-order valence-corrected chi connectivity index (χ3v) is 4.42. The number of nitrogens with zero attached hydrogens (tertiary/aromatic N) is 2. The SMILES string of the molecule is CC(=O)Nc1ccc(CN2CCN(C(C)C)[C@@H](CCO)C2)cc1. The van der Waals surface area contributed by atoms with Crippen LogP contribution in [0.1, 0.15) is 32.8 Å². The van der Waals surface area contributed by atoms with Crippen molar-refractivity contribution in [2.24, 2.45) is 0 Å². The smallest absolute Gasteiger partial charge is 0.221 e. The Labute approximate surface area is 139 Å². The number of aliphatic hydroxyl groups excluding tert-OH is 1. The summed E-state index contributed by atoms with van der Waals surface area (Å²) in [6.07, 6.45) is 0.830. The van der Waals surface area contributed by atoms with Crippen molar-refractivity contribution in [1.82, 2.24) is 9.80 Å². The van der Waals surface area contributed by atoms with Gasteiger partial charge in [-0.25, -0.2) is 0 Å². The van der Waals surface area contributed by atoms with Crippen molar-refractivity contribution in [1.29, 1.82) is 0 Å². The first kappa shape index (κ1) is 17.9. The van der Waals surface area contributed by atoms with E-state index in [-0.39, 0.29) is 12.5 Å². The van der Waals surface area contributed by atoms with E-state index in [2.05, 4.69) is 41.1 Å². The molecule has 0 saturated carbocycles. The molecule has 1 aromatic rings. The predicted molar refractivity (Wildman–Crippen MR) is 93.4 cm³/mol. The Kier molecular flexibility index (Phi) is 6.57. The van der Waals surface area contributed by atoms with Crippen molar-refractivity contribution in [2.75, 3.05) is 31.6 Å². The quantitative estimate of drug-likeness (QED) is 0.841. The molecule has 5 nitrogen and oxygen atoms in total. The van der Waals surface area contributed by atoms with Gasteiger partial charge in [0, 0.05) is 57.5 Å². The van der Waals surface area contributed by atoms with Crippen LogP contribution in [0.2, 0.25) is 0 Å². The highest BCUT2D eigenvalue weighted by Crippen LogP contribution is 2.18. The summed E-state index contributed by atoms with van der Waals surface area (Å²) in [6.45, 7) is 10.2. The van der Waals surface area contributed by atoms with Crippen LogP contribution in [0.15, 0.2) is 24.3 Å². The van der Waals surface area contributed by atoms with Gasteiger partial charge in [-0.2, -0.15) is 0 Å². The van der Waals surface area contributed by atoms with Gasteiger partial charge >= 0.3 is 0 Å². The summed E-state index contributed by atoms with van der Waals surface area (Å²) < 4.78 is 0. The predicted octanol–water partition coefficient (Wildman–Crippen LogP) is 1.92. The van der Waals surface area contributed by atoms with Crippen LogP contribution in [0.25, 0.3) is 0 Å². The number of hydrogen-bond acceptors (Lipinski definition) is 4. The summed E-state index contributed by atoms with van der Waals surface area (Å²) in [6, 6.07) is 8.99. The van der Waals surface area contributed by atoms with E-state index in [0.717, 1.165) is 38.3 Å². The second-order valence-electron chi connectivity index (χ2n) is 6.61. The number of piperazine rings is 1. The number of nitrogens with one attached hydrogen (secondary N) is 1. The van der Waals surface area contributed by atoms with Crippen LogP contribution in [-0.2, 0) is 11.3 Å². The monoisotopic (exact) mass is 319 g/mol. The minimum absolute atomic E-state index is 0.0468. The number of aliphatic hydroxyl groups is 1. The summed E-state index contributed by atoms with van der Waals surface area (Å²) in [5.74, 6) is -0.0468. The fourth-order valence-electron chi connectivity index (χ4n) is 3.32. The minimum Gasteiger partial charge on any atom is -0.396 e. The molecule has 1 fully saturated rings. The number of anilines is 1.